The van der Waals surface area contributed by atoms with Crippen LogP contribution in [0.3, 0.4) is 0 Å². The molecule has 0 radical (unpaired) electrons. The van der Waals surface area contributed by atoms with Crippen molar-refractivity contribution in [2.24, 2.45) is 5.92 Å². The summed E-state index contributed by atoms with van der Waals surface area (Å²) in [5.41, 5.74) is 0.361. The number of aromatic nitrogens is 1. The molecule has 2 rings (SSSR count). The van der Waals surface area contributed by atoms with Crippen LogP contribution in [0.15, 0.2) is 30.3 Å². The number of amides is 1. The second kappa shape index (κ2) is 5.36. The Morgan fingerprint density at radius 1 is 1.39 bits per heavy atom. The average Bonchev–Trinajstić information content (AvgIpc) is 2.36. The number of rotatable bonds is 3. The van der Waals surface area contributed by atoms with E-state index in [2.05, 4.69) is 10.3 Å². The van der Waals surface area contributed by atoms with Crippen molar-refractivity contribution in [1.82, 2.24) is 10.3 Å². The lowest BCUT2D eigenvalue weighted by Gasteiger charge is -2.08. The van der Waals surface area contributed by atoms with Gasteiger partial charge in [0, 0.05) is 11.9 Å². The van der Waals surface area contributed by atoms with Crippen LogP contribution >= 0.6 is 11.6 Å². The Balaban J connectivity index is 2.31. The zero-order valence-electron chi connectivity index (χ0n) is 10.4. The van der Waals surface area contributed by atoms with Gasteiger partial charge in [-0.2, -0.15) is 0 Å². The van der Waals surface area contributed by atoms with Crippen LogP contribution in [0.25, 0.3) is 10.8 Å². The van der Waals surface area contributed by atoms with Crippen molar-refractivity contribution in [2.45, 2.75) is 13.8 Å². The zero-order chi connectivity index (χ0) is 13.1. The Morgan fingerprint density at radius 3 is 2.83 bits per heavy atom. The van der Waals surface area contributed by atoms with Crippen LogP contribution in [-0.2, 0) is 0 Å². The first-order chi connectivity index (χ1) is 8.58. The van der Waals surface area contributed by atoms with Gasteiger partial charge in [-0.15, -0.1) is 0 Å². The predicted octanol–water partition coefficient (Wildman–Crippen LogP) is 3.27. The van der Waals surface area contributed by atoms with Crippen molar-refractivity contribution < 1.29 is 4.79 Å². The molecule has 0 saturated carbocycles. The van der Waals surface area contributed by atoms with Crippen molar-refractivity contribution in [3.63, 3.8) is 0 Å². The monoisotopic (exact) mass is 262 g/mol. The Labute approximate surface area is 111 Å². The number of carbonyl (C=O) groups is 1. The summed E-state index contributed by atoms with van der Waals surface area (Å²) in [5.74, 6) is 0.223. The van der Waals surface area contributed by atoms with Gasteiger partial charge in [0.1, 0.15) is 10.8 Å². The Kier molecular flexibility index (Phi) is 3.82. The summed E-state index contributed by atoms with van der Waals surface area (Å²) in [6.07, 6.45) is 0. The lowest BCUT2D eigenvalue weighted by Crippen LogP contribution is -2.28. The van der Waals surface area contributed by atoms with E-state index < -0.39 is 0 Å². The number of hydrogen-bond donors (Lipinski definition) is 1. The van der Waals surface area contributed by atoms with E-state index in [1.807, 2.05) is 38.1 Å². The molecule has 4 heteroatoms. The van der Waals surface area contributed by atoms with E-state index in [4.69, 9.17) is 11.6 Å². The maximum atomic E-state index is 11.9. The highest BCUT2D eigenvalue weighted by Crippen LogP contribution is 2.22. The smallest absolute Gasteiger partial charge is 0.269 e. The fourth-order valence-electron chi connectivity index (χ4n) is 1.66. The fourth-order valence-corrected chi connectivity index (χ4v) is 1.92. The van der Waals surface area contributed by atoms with Gasteiger partial charge in [-0.1, -0.05) is 49.7 Å². The van der Waals surface area contributed by atoms with Gasteiger partial charge in [0.25, 0.3) is 5.91 Å². The van der Waals surface area contributed by atoms with Gasteiger partial charge >= 0.3 is 0 Å². The number of pyridine rings is 1. The molecule has 1 aromatic carbocycles. The van der Waals surface area contributed by atoms with Crippen molar-refractivity contribution >= 4 is 28.3 Å². The zero-order valence-corrected chi connectivity index (χ0v) is 11.2. The molecule has 0 aliphatic rings. The topological polar surface area (TPSA) is 42.0 Å². The van der Waals surface area contributed by atoms with Gasteiger partial charge in [-0.25, -0.2) is 4.98 Å². The van der Waals surface area contributed by atoms with Gasteiger partial charge in [0.15, 0.2) is 0 Å². The maximum Gasteiger partial charge on any atom is 0.269 e. The molecule has 0 atom stereocenters. The summed E-state index contributed by atoms with van der Waals surface area (Å²) >= 11 is 6.08. The van der Waals surface area contributed by atoms with Crippen LogP contribution in [0.5, 0.6) is 0 Å². The first-order valence-electron chi connectivity index (χ1n) is 5.91. The van der Waals surface area contributed by atoms with Gasteiger partial charge in [-0.05, 0) is 17.4 Å². The van der Waals surface area contributed by atoms with E-state index in [9.17, 15) is 4.79 Å². The number of fused-ring (bicyclic) bond motifs is 1. The highest BCUT2D eigenvalue weighted by Gasteiger charge is 2.11. The van der Waals surface area contributed by atoms with Crippen molar-refractivity contribution in [3.8, 4) is 0 Å². The molecule has 0 bridgehead atoms. The van der Waals surface area contributed by atoms with E-state index >= 15 is 0 Å². The third kappa shape index (κ3) is 2.79. The highest BCUT2D eigenvalue weighted by atomic mass is 35.5. The Hall–Kier alpha value is -1.61. The molecule has 0 saturated heterocycles. The quantitative estimate of drug-likeness (QED) is 0.863. The van der Waals surface area contributed by atoms with Crippen LogP contribution in [0.4, 0.5) is 0 Å². The Bertz CT molecular complexity index is 581. The van der Waals surface area contributed by atoms with Crippen molar-refractivity contribution in [3.05, 3.63) is 41.2 Å². The summed E-state index contributed by atoms with van der Waals surface area (Å²) in [6.45, 7) is 4.72. The van der Waals surface area contributed by atoms with Gasteiger partial charge in [0.2, 0.25) is 0 Å². The van der Waals surface area contributed by atoms with E-state index in [-0.39, 0.29) is 5.91 Å². The minimum atomic E-state index is -0.184. The molecular formula is C14H15ClN2O. The highest BCUT2D eigenvalue weighted by molar-refractivity contribution is 6.34. The minimum absolute atomic E-state index is 0.184. The molecule has 0 aliphatic heterocycles. The SMILES string of the molecule is CC(C)CNC(=O)c1cc2ccccc2c(Cl)n1. The summed E-state index contributed by atoms with van der Waals surface area (Å²) < 4.78 is 0. The number of nitrogens with one attached hydrogen (secondary N) is 1. The molecule has 1 aromatic heterocycles. The first-order valence-corrected chi connectivity index (χ1v) is 6.29. The average molecular weight is 263 g/mol. The summed E-state index contributed by atoms with van der Waals surface area (Å²) in [6, 6.07) is 9.38. The molecule has 1 amide bonds. The van der Waals surface area contributed by atoms with Gasteiger partial charge < -0.3 is 5.32 Å². The van der Waals surface area contributed by atoms with Crippen LogP contribution in [0.2, 0.25) is 5.15 Å². The fraction of sp³-hybridized carbons (Fsp3) is 0.286. The number of carbonyl (C=O) groups excluding carboxylic acids is 1. The molecule has 0 aliphatic carbocycles. The summed E-state index contributed by atoms with van der Waals surface area (Å²) in [5, 5.41) is 4.98. The number of benzene rings is 1. The maximum absolute atomic E-state index is 11.9. The van der Waals surface area contributed by atoms with E-state index in [0.717, 1.165) is 10.8 Å². The normalized spacial score (nSPS) is 10.9. The molecule has 0 fully saturated rings. The van der Waals surface area contributed by atoms with Crippen LogP contribution in [0.1, 0.15) is 24.3 Å². The number of nitrogens with zero attached hydrogens (tertiary/aromatic N) is 1. The van der Waals surface area contributed by atoms with Crippen molar-refractivity contribution in [2.75, 3.05) is 6.54 Å². The van der Waals surface area contributed by atoms with E-state index in [1.165, 1.54) is 0 Å². The molecule has 18 heavy (non-hydrogen) atoms. The third-order valence-corrected chi connectivity index (χ3v) is 2.89. The molecule has 2 aromatic rings. The second-order valence-electron chi connectivity index (χ2n) is 4.62. The lowest BCUT2D eigenvalue weighted by molar-refractivity contribution is 0.0944. The number of hydrogen-bond acceptors (Lipinski definition) is 2. The summed E-state index contributed by atoms with van der Waals surface area (Å²) in [7, 11) is 0. The van der Waals surface area contributed by atoms with E-state index in [0.29, 0.717) is 23.3 Å². The first kappa shape index (κ1) is 12.8. The van der Waals surface area contributed by atoms with E-state index in [1.54, 1.807) is 6.07 Å². The second-order valence-corrected chi connectivity index (χ2v) is 4.98. The molecular weight excluding hydrogens is 248 g/mol. The Morgan fingerprint density at radius 2 is 2.11 bits per heavy atom. The van der Waals surface area contributed by atoms with Gasteiger partial charge in [0.05, 0.1) is 0 Å². The molecule has 1 N–H and O–H groups in total. The summed E-state index contributed by atoms with van der Waals surface area (Å²) in [4.78, 5) is 16.0. The molecule has 0 unspecified atom stereocenters. The van der Waals surface area contributed by atoms with Crippen LogP contribution < -0.4 is 5.32 Å². The van der Waals surface area contributed by atoms with Crippen LogP contribution in [0, 0.1) is 5.92 Å². The molecule has 1 heterocycles. The standard InChI is InChI=1S/C14H15ClN2O/c1-9(2)8-16-14(18)12-7-10-5-3-4-6-11(10)13(15)17-12/h3-7,9H,8H2,1-2H3,(H,16,18). The van der Waals surface area contributed by atoms with Gasteiger partial charge in [-0.3, -0.25) is 4.79 Å². The minimum Gasteiger partial charge on any atom is -0.350 e. The largest absolute Gasteiger partial charge is 0.350 e. The molecule has 3 nitrogen and oxygen atoms in total. The molecule has 0 spiro atoms. The lowest BCUT2D eigenvalue weighted by atomic mass is 10.1. The van der Waals surface area contributed by atoms with Crippen molar-refractivity contribution in [1.29, 1.82) is 0 Å². The molecule has 94 valence electrons. The number of halogens is 1. The van der Waals surface area contributed by atoms with Crippen LogP contribution in [-0.4, -0.2) is 17.4 Å². The predicted molar refractivity (Wildman–Crippen MR) is 73.9 cm³/mol. The third-order valence-electron chi connectivity index (χ3n) is 2.60.